The first-order valence-electron chi connectivity index (χ1n) is 5.68. The molecule has 1 unspecified atom stereocenters. The largest absolute Gasteiger partial charge is 0.497 e. The lowest BCUT2D eigenvalue weighted by atomic mass is 9.98. The van der Waals surface area contributed by atoms with Crippen LogP contribution in [0.3, 0.4) is 0 Å². The van der Waals surface area contributed by atoms with Gasteiger partial charge in [0, 0.05) is 17.7 Å². The van der Waals surface area contributed by atoms with Crippen molar-refractivity contribution in [3.05, 3.63) is 23.3 Å². The van der Waals surface area contributed by atoms with Crippen molar-refractivity contribution in [2.75, 3.05) is 27.0 Å². The number of ether oxygens (including phenoxy) is 2. The second-order valence-electron chi connectivity index (χ2n) is 3.91. The van der Waals surface area contributed by atoms with E-state index < -0.39 is 0 Å². The third-order valence-corrected chi connectivity index (χ3v) is 3.15. The van der Waals surface area contributed by atoms with Crippen LogP contribution in [0.4, 0.5) is 0 Å². The highest BCUT2D eigenvalue weighted by Gasteiger charge is 2.17. The summed E-state index contributed by atoms with van der Waals surface area (Å²) in [7, 11) is 5.31. The SMILES string of the molecule is CNC(CCS)c1c(C)cc(OC)cc1OC. The highest BCUT2D eigenvalue weighted by molar-refractivity contribution is 7.80. The number of hydrogen-bond donors (Lipinski definition) is 2. The zero-order chi connectivity index (χ0) is 12.8. The fourth-order valence-corrected chi connectivity index (χ4v) is 2.29. The zero-order valence-corrected chi connectivity index (χ0v) is 11.8. The molecular formula is C13H21NO2S. The summed E-state index contributed by atoms with van der Waals surface area (Å²) >= 11 is 4.30. The van der Waals surface area contributed by atoms with Crippen LogP contribution in [-0.4, -0.2) is 27.0 Å². The summed E-state index contributed by atoms with van der Waals surface area (Å²) in [6, 6.07) is 4.21. The molecule has 0 aromatic heterocycles. The molecule has 1 aromatic carbocycles. The van der Waals surface area contributed by atoms with Gasteiger partial charge in [0.1, 0.15) is 11.5 Å². The van der Waals surface area contributed by atoms with Crippen LogP contribution in [-0.2, 0) is 0 Å². The summed E-state index contributed by atoms with van der Waals surface area (Å²) in [5, 5.41) is 3.30. The molecule has 0 saturated carbocycles. The monoisotopic (exact) mass is 255 g/mol. The van der Waals surface area contributed by atoms with Crippen LogP contribution in [0.1, 0.15) is 23.6 Å². The topological polar surface area (TPSA) is 30.5 Å². The molecule has 96 valence electrons. The molecule has 0 aliphatic heterocycles. The Morgan fingerprint density at radius 1 is 1.29 bits per heavy atom. The van der Waals surface area contributed by atoms with Gasteiger partial charge in [-0.1, -0.05) is 0 Å². The standard InChI is InChI=1S/C13H21NO2S/c1-9-7-10(15-3)8-12(16-4)13(9)11(14-2)5-6-17/h7-8,11,14,17H,5-6H2,1-4H3. The molecule has 0 amide bonds. The van der Waals surface area contributed by atoms with Crippen molar-refractivity contribution < 1.29 is 9.47 Å². The van der Waals surface area contributed by atoms with Crippen LogP contribution >= 0.6 is 12.6 Å². The van der Waals surface area contributed by atoms with Crippen molar-refractivity contribution in [1.82, 2.24) is 5.32 Å². The Morgan fingerprint density at radius 3 is 2.47 bits per heavy atom. The van der Waals surface area contributed by atoms with Crippen LogP contribution in [0.25, 0.3) is 0 Å². The Kier molecular flexibility index (Phi) is 5.65. The molecule has 4 heteroatoms. The van der Waals surface area contributed by atoms with E-state index in [4.69, 9.17) is 9.47 Å². The van der Waals surface area contributed by atoms with Gasteiger partial charge in [0.05, 0.1) is 14.2 Å². The summed E-state index contributed by atoms with van der Waals surface area (Å²) in [6.45, 7) is 2.07. The van der Waals surface area contributed by atoms with E-state index in [-0.39, 0.29) is 6.04 Å². The van der Waals surface area contributed by atoms with Crippen molar-refractivity contribution in [2.24, 2.45) is 0 Å². The van der Waals surface area contributed by atoms with E-state index in [0.717, 1.165) is 23.7 Å². The molecule has 0 fully saturated rings. The van der Waals surface area contributed by atoms with Gasteiger partial charge in [0.15, 0.2) is 0 Å². The van der Waals surface area contributed by atoms with Crippen LogP contribution in [0.15, 0.2) is 12.1 Å². The van der Waals surface area contributed by atoms with Crippen LogP contribution in [0, 0.1) is 6.92 Å². The molecule has 0 saturated heterocycles. The number of rotatable bonds is 6. The minimum absolute atomic E-state index is 0.258. The number of aryl methyl sites for hydroxylation is 1. The average molecular weight is 255 g/mol. The first-order chi connectivity index (χ1) is 8.17. The summed E-state index contributed by atoms with van der Waals surface area (Å²) in [4.78, 5) is 0. The van der Waals surface area contributed by atoms with Gasteiger partial charge in [-0.2, -0.15) is 12.6 Å². The fourth-order valence-electron chi connectivity index (χ4n) is 2.03. The van der Waals surface area contributed by atoms with Gasteiger partial charge in [-0.3, -0.25) is 0 Å². The highest BCUT2D eigenvalue weighted by atomic mass is 32.1. The van der Waals surface area contributed by atoms with Crippen molar-refractivity contribution in [3.63, 3.8) is 0 Å². The van der Waals surface area contributed by atoms with Crippen LogP contribution in [0.5, 0.6) is 11.5 Å². The van der Waals surface area contributed by atoms with E-state index in [0.29, 0.717) is 0 Å². The van der Waals surface area contributed by atoms with Gasteiger partial charge in [0.25, 0.3) is 0 Å². The molecule has 1 rings (SSSR count). The second kappa shape index (κ2) is 6.77. The van der Waals surface area contributed by atoms with E-state index in [9.17, 15) is 0 Å². The molecule has 0 radical (unpaired) electrons. The van der Waals surface area contributed by atoms with E-state index in [1.54, 1.807) is 14.2 Å². The Hall–Kier alpha value is -0.870. The molecule has 0 aliphatic rings. The van der Waals surface area contributed by atoms with Gasteiger partial charge in [-0.25, -0.2) is 0 Å². The summed E-state index contributed by atoms with van der Waals surface area (Å²) < 4.78 is 10.7. The maximum atomic E-state index is 5.45. The van der Waals surface area contributed by atoms with Crippen molar-refractivity contribution in [1.29, 1.82) is 0 Å². The van der Waals surface area contributed by atoms with Crippen LogP contribution < -0.4 is 14.8 Å². The van der Waals surface area contributed by atoms with Gasteiger partial charge in [0.2, 0.25) is 0 Å². The molecule has 3 nitrogen and oxygen atoms in total. The number of benzene rings is 1. The van der Waals surface area contributed by atoms with E-state index in [2.05, 4.69) is 24.9 Å². The predicted molar refractivity (Wildman–Crippen MR) is 74.6 cm³/mol. The molecule has 0 spiro atoms. The molecule has 1 aromatic rings. The minimum Gasteiger partial charge on any atom is -0.497 e. The average Bonchev–Trinajstić information content (AvgIpc) is 2.35. The zero-order valence-electron chi connectivity index (χ0n) is 10.9. The summed E-state index contributed by atoms with van der Waals surface area (Å²) in [6.07, 6.45) is 0.961. The quantitative estimate of drug-likeness (QED) is 0.766. The van der Waals surface area contributed by atoms with Gasteiger partial charge in [-0.05, 0) is 37.8 Å². The lowest BCUT2D eigenvalue weighted by Gasteiger charge is -2.21. The maximum Gasteiger partial charge on any atom is 0.127 e. The highest BCUT2D eigenvalue weighted by Crippen LogP contribution is 2.34. The smallest absolute Gasteiger partial charge is 0.127 e. The predicted octanol–water partition coefficient (Wildman–Crippen LogP) is 2.59. The Labute approximate surface area is 109 Å². The van der Waals surface area contributed by atoms with Crippen molar-refractivity contribution >= 4 is 12.6 Å². The number of nitrogens with one attached hydrogen (secondary N) is 1. The van der Waals surface area contributed by atoms with Crippen molar-refractivity contribution in [2.45, 2.75) is 19.4 Å². The summed E-state index contributed by atoms with van der Waals surface area (Å²) in [5.41, 5.74) is 2.35. The summed E-state index contributed by atoms with van der Waals surface area (Å²) in [5.74, 6) is 2.52. The van der Waals surface area contributed by atoms with E-state index in [1.165, 1.54) is 11.1 Å². The first kappa shape index (κ1) is 14.2. The van der Waals surface area contributed by atoms with Crippen LogP contribution in [0.2, 0.25) is 0 Å². The first-order valence-corrected chi connectivity index (χ1v) is 6.31. The normalized spacial score (nSPS) is 12.3. The molecular weight excluding hydrogens is 234 g/mol. The Balaban J connectivity index is 3.20. The van der Waals surface area contributed by atoms with Crippen molar-refractivity contribution in [3.8, 4) is 11.5 Å². The molecule has 17 heavy (non-hydrogen) atoms. The third-order valence-electron chi connectivity index (χ3n) is 2.89. The second-order valence-corrected chi connectivity index (χ2v) is 4.36. The van der Waals surface area contributed by atoms with E-state index >= 15 is 0 Å². The van der Waals surface area contributed by atoms with Gasteiger partial charge < -0.3 is 14.8 Å². The third kappa shape index (κ3) is 3.30. The Morgan fingerprint density at radius 2 is 2.00 bits per heavy atom. The van der Waals surface area contributed by atoms with Gasteiger partial charge in [-0.15, -0.1) is 0 Å². The lowest BCUT2D eigenvalue weighted by Crippen LogP contribution is -2.19. The lowest BCUT2D eigenvalue weighted by molar-refractivity contribution is 0.384. The molecule has 0 aliphatic carbocycles. The van der Waals surface area contributed by atoms with Gasteiger partial charge >= 0.3 is 0 Å². The minimum atomic E-state index is 0.258. The maximum absolute atomic E-state index is 5.45. The molecule has 1 atom stereocenters. The number of thiol groups is 1. The number of methoxy groups -OCH3 is 2. The van der Waals surface area contributed by atoms with E-state index in [1.807, 2.05) is 19.2 Å². The fraction of sp³-hybridized carbons (Fsp3) is 0.538. The Bertz CT molecular complexity index is 369. The molecule has 1 N–H and O–H groups in total. The molecule has 0 heterocycles. The number of hydrogen-bond acceptors (Lipinski definition) is 4. The molecule has 0 bridgehead atoms.